The van der Waals surface area contributed by atoms with Gasteiger partial charge in [-0.1, -0.05) is 22.9 Å². The summed E-state index contributed by atoms with van der Waals surface area (Å²) in [7, 11) is 0. The van der Waals surface area contributed by atoms with Crippen LogP contribution in [0.5, 0.6) is 0 Å². The summed E-state index contributed by atoms with van der Waals surface area (Å²) in [5.41, 5.74) is -0.767. The summed E-state index contributed by atoms with van der Waals surface area (Å²) in [4.78, 5) is 13.6. The van der Waals surface area contributed by atoms with E-state index in [9.17, 15) is 18.0 Å². The van der Waals surface area contributed by atoms with Crippen molar-refractivity contribution in [3.8, 4) is 0 Å². The van der Waals surface area contributed by atoms with Gasteiger partial charge >= 0.3 is 6.18 Å². The lowest BCUT2D eigenvalue weighted by atomic mass is 10.1. The van der Waals surface area contributed by atoms with Gasteiger partial charge in [0.25, 0.3) is 5.91 Å². The minimum atomic E-state index is -4.48. The molecule has 1 aromatic rings. The zero-order chi connectivity index (χ0) is 14.6. The highest BCUT2D eigenvalue weighted by Crippen LogP contribution is 2.35. The molecule has 0 bridgehead atoms. The second-order valence-corrected chi connectivity index (χ2v) is 4.93. The first-order valence-corrected chi connectivity index (χ1v) is 6.76. The van der Waals surface area contributed by atoms with Crippen LogP contribution < -0.4 is 0 Å². The van der Waals surface area contributed by atoms with E-state index in [0.717, 1.165) is 12.5 Å². The average Bonchev–Trinajstić information content (AvgIpc) is 2.34. The van der Waals surface area contributed by atoms with Crippen molar-refractivity contribution in [1.82, 2.24) is 4.90 Å². The molecule has 0 aliphatic carbocycles. The maximum Gasteiger partial charge on any atom is 0.417 e. The molecule has 1 rings (SSSR count). The van der Waals surface area contributed by atoms with Gasteiger partial charge in [0.15, 0.2) is 0 Å². The van der Waals surface area contributed by atoms with E-state index in [0.29, 0.717) is 13.1 Å². The molecule has 2 nitrogen and oxygen atoms in total. The number of carbonyl (C=O) groups is 1. The molecule has 0 radical (unpaired) electrons. The van der Waals surface area contributed by atoms with Crippen LogP contribution in [-0.4, -0.2) is 23.9 Å². The molecule has 0 N–H and O–H groups in total. The lowest BCUT2D eigenvalue weighted by Crippen LogP contribution is -2.31. The molecule has 0 atom stereocenters. The van der Waals surface area contributed by atoms with Crippen molar-refractivity contribution in [3.05, 3.63) is 33.8 Å². The van der Waals surface area contributed by atoms with Crippen molar-refractivity contribution in [2.45, 2.75) is 26.4 Å². The van der Waals surface area contributed by atoms with E-state index in [1.165, 1.54) is 17.0 Å². The van der Waals surface area contributed by atoms with E-state index in [2.05, 4.69) is 15.9 Å². The van der Waals surface area contributed by atoms with Crippen LogP contribution in [0.1, 0.15) is 36.2 Å². The Labute approximate surface area is 118 Å². The number of nitrogens with zero attached hydrogens (tertiary/aromatic N) is 1. The SMILES string of the molecule is CCCN(CC)C(=O)c1ccc(Br)c(C(F)(F)F)c1. The molecule has 0 heterocycles. The Morgan fingerprint density at radius 1 is 1.32 bits per heavy atom. The Balaban J connectivity index is 3.12. The molecule has 6 heteroatoms. The molecule has 1 amide bonds. The highest BCUT2D eigenvalue weighted by Gasteiger charge is 2.33. The molecule has 0 spiro atoms. The summed E-state index contributed by atoms with van der Waals surface area (Å²) in [5, 5.41) is 0. The minimum absolute atomic E-state index is 0.0601. The topological polar surface area (TPSA) is 20.3 Å². The predicted molar refractivity (Wildman–Crippen MR) is 71.0 cm³/mol. The molecular formula is C13H15BrF3NO. The first-order valence-electron chi connectivity index (χ1n) is 5.97. The summed E-state index contributed by atoms with van der Waals surface area (Å²) in [6.45, 7) is 4.73. The van der Waals surface area contributed by atoms with Crippen LogP contribution in [0.4, 0.5) is 13.2 Å². The van der Waals surface area contributed by atoms with Crippen LogP contribution >= 0.6 is 15.9 Å². The second-order valence-electron chi connectivity index (χ2n) is 4.08. The lowest BCUT2D eigenvalue weighted by Gasteiger charge is -2.21. The van der Waals surface area contributed by atoms with E-state index >= 15 is 0 Å². The van der Waals surface area contributed by atoms with Gasteiger partial charge < -0.3 is 4.90 Å². The monoisotopic (exact) mass is 337 g/mol. The predicted octanol–water partition coefficient (Wildman–Crippen LogP) is 4.34. The zero-order valence-corrected chi connectivity index (χ0v) is 12.3. The number of alkyl halides is 3. The first kappa shape index (κ1) is 16.0. The third-order valence-electron chi connectivity index (χ3n) is 2.68. The number of halogens is 4. The van der Waals surface area contributed by atoms with E-state index in [4.69, 9.17) is 0 Å². The molecule has 0 aliphatic heterocycles. The molecule has 0 fully saturated rings. The molecule has 0 aromatic heterocycles. The summed E-state index contributed by atoms with van der Waals surface area (Å²) < 4.78 is 38.2. The summed E-state index contributed by atoms with van der Waals surface area (Å²) >= 11 is 2.86. The first-order chi connectivity index (χ1) is 8.81. The van der Waals surface area contributed by atoms with Gasteiger partial charge in [-0.3, -0.25) is 4.79 Å². The van der Waals surface area contributed by atoms with Crippen LogP contribution in [0.15, 0.2) is 22.7 Å². The van der Waals surface area contributed by atoms with Crippen molar-refractivity contribution in [2.75, 3.05) is 13.1 Å². The van der Waals surface area contributed by atoms with Crippen molar-refractivity contribution < 1.29 is 18.0 Å². The Morgan fingerprint density at radius 3 is 2.42 bits per heavy atom. The average molecular weight is 338 g/mol. The van der Waals surface area contributed by atoms with Gasteiger partial charge in [0.2, 0.25) is 0 Å². The number of benzene rings is 1. The Morgan fingerprint density at radius 2 is 1.95 bits per heavy atom. The Bertz CT molecular complexity index is 460. The van der Waals surface area contributed by atoms with Gasteiger partial charge in [-0.2, -0.15) is 13.2 Å². The minimum Gasteiger partial charge on any atom is -0.339 e. The van der Waals surface area contributed by atoms with Crippen molar-refractivity contribution in [2.24, 2.45) is 0 Å². The molecular weight excluding hydrogens is 323 g/mol. The third-order valence-corrected chi connectivity index (χ3v) is 3.37. The van der Waals surface area contributed by atoms with E-state index in [1.54, 1.807) is 6.92 Å². The molecule has 1 aromatic carbocycles. The van der Waals surface area contributed by atoms with Crippen molar-refractivity contribution in [3.63, 3.8) is 0 Å². The molecule has 0 saturated carbocycles. The van der Waals surface area contributed by atoms with Crippen LogP contribution in [0.3, 0.4) is 0 Å². The largest absolute Gasteiger partial charge is 0.417 e. The Hall–Kier alpha value is -1.04. The molecule has 106 valence electrons. The number of hydrogen-bond acceptors (Lipinski definition) is 1. The van der Waals surface area contributed by atoms with E-state index < -0.39 is 11.7 Å². The van der Waals surface area contributed by atoms with Crippen LogP contribution in [0, 0.1) is 0 Å². The fourth-order valence-corrected chi connectivity index (χ4v) is 2.20. The van der Waals surface area contributed by atoms with Gasteiger partial charge in [0.05, 0.1) is 5.56 Å². The van der Waals surface area contributed by atoms with E-state index in [-0.39, 0.29) is 15.9 Å². The fourth-order valence-electron chi connectivity index (χ4n) is 1.73. The summed E-state index contributed by atoms with van der Waals surface area (Å²) in [6.07, 6.45) is -3.71. The van der Waals surface area contributed by atoms with Gasteiger partial charge in [-0.15, -0.1) is 0 Å². The van der Waals surface area contributed by atoms with Gasteiger partial charge in [-0.05, 0) is 31.5 Å². The van der Waals surface area contributed by atoms with Gasteiger partial charge in [-0.25, -0.2) is 0 Å². The lowest BCUT2D eigenvalue weighted by molar-refractivity contribution is -0.138. The molecule has 0 aliphatic rings. The fraction of sp³-hybridized carbons (Fsp3) is 0.462. The maximum atomic E-state index is 12.8. The second kappa shape index (κ2) is 6.41. The van der Waals surface area contributed by atoms with E-state index in [1.807, 2.05) is 6.92 Å². The van der Waals surface area contributed by atoms with Gasteiger partial charge in [0.1, 0.15) is 0 Å². The Kier molecular flexibility index (Phi) is 5.40. The number of carbonyl (C=O) groups excluding carboxylic acids is 1. The highest BCUT2D eigenvalue weighted by molar-refractivity contribution is 9.10. The smallest absolute Gasteiger partial charge is 0.339 e. The summed E-state index contributed by atoms with van der Waals surface area (Å²) in [6, 6.07) is 3.56. The number of rotatable bonds is 4. The number of hydrogen-bond donors (Lipinski definition) is 0. The third kappa shape index (κ3) is 3.96. The molecule has 0 unspecified atom stereocenters. The molecule has 0 saturated heterocycles. The van der Waals surface area contributed by atoms with Crippen molar-refractivity contribution in [1.29, 1.82) is 0 Å². The maximum absolute atomic E-state index is 12.8. The van der Waals surface area contributed by atoms with Crippen LogP contribution in [0.2, 0.25) is 0 Å². The quantitative estimate of drug-likeness (QED) is 0.800. The zero-order valence-electron chi connectivity index (χ0n) is 10.7. The molecule has 19 heavy (non-hydrogen) atoms. The van der Waals surface area contributed by atoms with Crippen LogP contribution in [-0.2, 0) is 6.18 Å². The van der Waals surface area contributed by atoms with Crippen LogP contribution in [0.25, 0.3) is 0 Å². The normalized spacial score (nSPS) is 11.5. The standard InChI is InChI=1S/C13H15BrF3NO/c1-3-7-18(4-2)12(19)9-5-6-11(14)10(8-9)13(15,16)17/h5-6,8H,3-4,7H2,1-2H3. The van der Waals surface area contributed by atoms with Gasteiger partial charge in [0, 0.05) is 23.1 Å². The summed E-state index contributed by atoms with van der Waals surface area (Å²) in [5.74, 6) is -0.373. The highest BCUT2D eigenvalue weighted by atomic mass is 79.9. The van der Waals surface area contributed by atoms with Crippen molar-refractivity contribution >= 4 is 21.8 Å². The number of amides is 1.